The van der Waals surface area contributed by atoms with Crippen molar-refractivity contribution in [3.63, 3.8) is 0 Å². The Morgan fingerprint density at radius 3 is 1.53 bits per heavy atom. The first-order chi connectivity index (χ1) is 28.9. The van der Waals surface area contributed by atoms with E-state index >= 15 is 0 Å². The van der Waals surface area contributed by atoms with Crippen LogP contribution in [0.2, 0.25) is 0 Å². The molecule has 12 rings (SSSR count). The molecule has 0 unspecified atom stereocenters. The van der Waals surface area contributed by atoms with E-state index in [4.69, 9.17) is 0 Å². The number of aryl methyl sites for hydroxylation is 2. The van der Waals surface area contributed by atoms with E-state index in [1.165, 1.54) is 98.3 Å². The van der Waals surface area contributed by atoms with Crippen LogP contribution >= 0.6 is 0 Å². The first kappa shape index (κ1) is 33.9. The van der Waals surface area contributed by atoms with Gasteiger partial charge < -0.3 is 9.47 Å². The van der Waals surface area contributed by atoms with E-state index in [-0.39, 0.29) is 5.41 Å². The van der Waals surface area contributed by atoms with Crippen LogP contribution in [0.1, 0.15) is 36.1 Å². The average Bonchev–Trinajstić information content (AvgIpc) is 3.71. The molecule has 1 heterocycles. The van der Waals surface area contributed by atoms with Gasteiger partial charge in [0, 0.05) is 49.7 Å². The second-order valence-electron chi connectivity index (χ2n) is 17.1. The van der Waals surface area contributed by atoms with Crippen LogP contribution in [0.5, 0.6) is 0 Å². The molecule has 1 aliphatic rings. The maximum atomic E-state index is 2.61. The lowest BCUT2D eigenvalue weighted by atomic mass is 9.82. The number of aromatic nitrogens is 1. The third-order valence-electron chi connectivity index (χ3n) is 13.2. The van der Waals surface area contributed by atoms with Crippen molar-refractivity contribution in [2.45, 2.75) is 33.1 Å². The molecule has 59 heavy (non-hydrogen) atoms. The molecule has 0 saturated carbocycles. The van der Waals surface area contributed by atoms with Crippen LogP contribution in [-0.2, 0) is 5.41 Å². The summed E-state index contributed by atoms with van der Waals surface area (Å²) in [5, 5.41) is 12.9. The number of nitrogens with zero attached hydrogens (tertiary/aromatic N) is 2. The minimum atomic E-state index is -0.149. The first-order valence-electron chi connectivity index (χ1n) is 20.8. The average molecular weight is 755 g/mol. The topological polar surface area (TPSA) is 8.17 Å². The van der Waals surface area contributed by atoms with Crippen LogP contribution in [0.15, 0.2) is 182 Å². The van der Waals surface area contributed by atoms with Crippen molar-refractivity contribution in [3.8, 4) is 16.8 Å². The summed E-state index contributed by atoms with van der Waals surface area (Å²) in [6.07, 6.45) is 0. The highest BCUT2D eigenvalue weighted by molar-refractivity contribution is 6.42. The largest absolute Gasteiger partial charge is 0.310 e. The minimum Gasteiger partial charge on any atom is -0.310 e. The van der Waals surface area contributed by atoms with Crippen LogP contribution in [-0.4, -0.2) is 4.57 Å². The number of rotatable bonds is 4. The predicted octanol–water partition coefficient (Wildman–Crippen LogP) is 15.8. The van der Waals surface area contributed by atoms with Crippen molar-refractivity contribution in [2.75, 3.05) is 4.90 Å². The van der Waals surface area contributed by atoms with Gasteiger partial charge in [-0.1, -0.05) is 141 Å². The molecule has 2 heteroatoms. The van der Waals surface area contributed by atoms with E-state index in [0.717, 1.165) is 22.7 Å². The predicted molar refractivity (Wildman–Crippen MR) is 253 cm³/mol. The molecule has 11 aromatic rings. The van der Waals surface area contributed by atoms with Crippen LogP contribution in [0.25, 0.3) is 81.7 Å². The Bertz CT molecular complexity index is 3520. The summed E-state index contributed by atoms with van der Waals surface area (Å²) in [6, 6.07) is 68.1. The van der Waals surface area contributed by atoms with Crippen molar-refractivity contribution in [2.24, 2.45) is 0 Å². The Kier molecular flexibility index (Phi) is 7.14. The zero-order chi connectivity index (χ0) is 39.6. The number of hydrogen-bond acceptors (Lipinski definition) is 1. The zero-order valence-electron chi connectivity index (χ0n) is 33.7. The molecule has 0 amide bonds. The molecule has 0 radical (unpaired) electrons. The van der Waals surface area contributed by atoms with Gasteiger partial charge in [0.05, 0.1) is 11.0 Å². The molecular weight excluding hydrogens is 713 g/mol. The molecule has 0 atom stereocenters. The highest BCUT2D eigenvalue weighted by atomic mass is 15.1. The maximum absolute atomic E-state index is 2.61. The standard InChI is InChI=1S/C57H42N2/c1-35-16-13-18-37(30-35)58(38-19-14-17-36(2)31-38)39-20-15-21-40(32-39)59-52-34-51-48(43-24-11-12-29-50(43)57(51,3)4)33-49(52)54-47-28-10-9-27-46(47)53-44-25-7-5-22-41(44)42-23-6-8-26-45(42)55(53)56(54)59/h5-34H,1-4H3. The van der Waals surface area contributed by atoms with Crippen LogP contribution in [0, 0.1) is 13.8 Å². The van der Waals surface area contributed by atoms with Gasteiger partial charge in [-0.15, -0.1) is 0 Å². The highest BCUT2D eigenvalue weighted by Crippen LogP contribution is 2.53. The molecule has 0 fully saturated rings. The number of anilines is 3. The molecule has 0 bridgehead atoms. The Morgan fingerprint density at radius 1 is 0.390 bits per heavy atom. The molecule has 1 aromatic heterocycles. The van der Waals surface area contributed by atoms with Crippen molar-refractivity contribution < 1.29 is 0 Å². The van der Waals surface area contributed by atoms with Crippen LogP contribution in [0.4, 0.5) is 17.1 Å². The first-order valence-corrected chi connectivity index (χ1v) is 20.8. The lowest BCUT2D eigenvalue weighted by Crippen LogP contribution is -2.15. The van der Waals surface area contributed by atoms with Gasteiger partial charge in [0.2, 0.25) is 0 Å². The van der Waals surface area contributed by atoms with Gasteiger partial charge in [-0.3, -0.25) is 0 Å². The molecule has 0 spiro atoms. The summed E-state index contributed by atoms with van der Waals surface area (Å²) in [4.78, 5) is 2.41. The summed E-state index contributed by atoms with van der Waals surface area (Å²) in [5.74, 6) is 0. The van der Waals surface area contributed by atoms with Gasteiger partial charge in [-0.05, 0) is 134 Å². The smallest absolute Gasteiger partial charge is 0.0632 e. The summed E-state index contributed by atoms with van der Waals surface area (Å²) in [6.45, 7) is 9.13. The summed E-state index contributed by atoms with van der Waals surface area (Å²) < 4.78 is 2.61. The van der Waals surface area contributed by atoms with E-state index in [2.05, 4.69) is 219 Å². The third kappa shape index (κ3) is 4.81. The number of hydrogen-bond donors (Lipinski definition) is 0. The third-order valence-corrected chi connectivity index (χ3v) is 13.2. The molecule has 0 aliphatic heterocycles. The quantitative estimate of drug-likeness (QED) is 0.162. The molecule has 10 aromatic carbocycles. The fourth-order valence-corrected chi connectivity index (χ4v) is 10.6. The molecule has 0 N–H and O–H groups in total. The van der Waals surface area contributed by atoms with E-state index in [1.54, 1.807) is 0 Å². The van der Waals surface area contributed by atoms with Gasteiger partial charge in [0.1, 0.15) is 0 Å². The second kappa shape index (κ2) is 12.4. The monoisotopic (exact) mass is 754 g/mol. The second-order valence-corrected chi connectivity index (χ2v) is 17.1. The summed E-state index contributed by atoms with van der Waals surface area (Å²) in [5.41, 5.74) is 14.8. The summed E-state index contributed by atoms with van der Waals surface area (Å²) in [7, 11) is 0. The van der Waals surface area contributed by atoms with Gasteiger partial charge in [-0.2, -0.15) is 0 Å². The van der Waals surface area contributed by atoms with Crippen molar-refractivity contribution in [1.82, 2.24) is 4.57 Å². The van der Waals surface area contributed by atoms with E-state index in [9.17, 15) is 0 Å². The Labute approximate surface area is 344 Å². The Hall–Kier alpha value is -7.16. The van der Waals surface area contributed by atoms with Gasteiger partial charge in [-0.25, -0.2) is 0 Å². The Balaban J connectivity index is 1.29. The molecule has 2 nitrogen and oxygen atoms in total. The number of fused-ring (bicyclic) bond motifs is 16. The Morgan fingerprint density at radius 2 is 0.898 bits per heavy atom. The number of benzene rings is 10. The van der Waals surface area contributed by atoms with E-state index in [0.29, 0.717) is 0 Å². The molecule has 0 saturated heterocycles. The van der Waals surface area contributed by atoms with E-state index < -0.39 is 0 Å². The lowest BCUT2D eigenvalue weighted by Gasteiger charge is -2.27. The maximum Gasteiger partial charge on any atom is 0.0632 e. The minimum absolute atomic E-state index is 0.149. The molecular formula is C57H42N2. The van der Waals surface area contributed by atoms with Crippen molar-refractivity contribution >= 4 is 82.0 Å². The summed E-state index contributed by atoms with van der Waals surface area (Å²) >= 11 is 0. The van der Waals surface area contributed by atoms with Gasteiger partial charge in [0.15, 0.2) is 0 Å². The van der Waals surface area contributed by atoms with Crippen molar-refractivity contribution in [1.29, 1.82) is 0 Å². The molecule has 280 valence electrons. The lowest BCUT2D eigenvalue weighted by molar-refractivity contribution is 0.661. The van der Waals surface area contributed by atoms with Crippen LogP contribution < -0.4 is 4.90 Å². The fraction of sp³-hybridized carbons (Fsp3) is 0.0877. The fourth-order valence-electron chi connectivity index (χ4n) is 10.6. The van der Waals surface area contributed by atoms with Crippen LogP contribution in [0.3, 0.4) is 0 Å². The van der Waals surface area contributed by atoms with Gasteiger partial charge >= 0.3 is 0 Å². The van der Waals surface area contributed by atoms with E-state index in [1.807, 2.05) is 0 Å². The van der Waals surface area contributed by atoms with Gasteiger partial charge in [0.25, 0.3) is 0 Å². The SMILES string of the molecule is Cc1cccc(N(c2cccc(C)c2)c2cccc(-n3c4cc5c(cc4c4c6ccccc6c6c7ccccc7c7ccccc7c6c43)-c3ccccc3C5(C)C)c2)c1. The van der Waals surface area contributed by atoms with Crippen molar-refractivity contribution in [3.05, 3.63) is 204 Å². The normalized spacial score (nSPS) is 13.2. The zero-order valence-corrected chi connectivity index (χ0v) is 33.7. The highest BCUT2D eigenvalue weighted by Gasteiger charge is 2.36. The molecule has 1 aliphatic carbocycles.